The first-order valence-corrected chi connectivity index (χ1v) is 15.9. The third kappa shape index (κ3) is 5.35. The van der Waals surface area contributed by atoms with Crippen LogP contribution >= 0.6 is 0 Å². The van der Waals surface area contributed by atoms with Gasteiger partial charge in [0.1, 0.15) is 5.75 Å². The van der Waals surface area contributed by atoms with Crippen molar-refractivity contribution in [1.82, 2.24) is 0 Å². The predicted octanol–water partition coefficient (Wildman–Crippen LogP) is 4.90. The molecule has 1 saturated carbocycles. The van der Waals surface area contributed by atoms with Gasteiger partial charge in [0.25, 0.3) is 0 Å². The van der Waals surface area contributed by atoms with Crippen LogP contribution in [0.4, 0.5) is 0 Å². The van der Waals surface area contributed by atoms with E-state index in [1.807, 2.05) is 13.8 Å². The van der Waals surface area contributed by atoms with Crippen molar-refractivity contribution < 1.29 is 18.6 Å². The normalized spacial score (nSPS) is 27.7. The molecule has 38 heavy (non-hydrogen) atoms. The number of ether oxygens (including phenoxy) is 3. The van der Waals surface area contributed by atoms with Gasteiger partial charge >= 0.3 is 0 Å². The second-order valence-corrected chi connectivity index (χ2v) is 14.1. The van der Waals surface area contributed by atoms with Crippen molar-refractivity contribution in [3.63, 3.8) is 0 Å². The molecule has 1 heterocycles. The lowest BCUT2D eigenvalue weighted by atomic mass is 9.73. The average Bonchev–Trinajstić information content (AvgIpc) is 3.47. The fourth-order valence-corrected chi connectivity index (χ4v) is 9.69. The molecule has 2 aliphatic carbocycles. The molecule has 5 atom stereocenters. The summed E-state index contributed by atoms with van der Waals surface area (Å²) in [5.41, 5.74) is 2.86. The minimum absolute atomic E-state index is 0.164. The lowest BCUT2D eigenvalue weighted by molar-refractivity contribution is -0.139. The Bertz CT molecular complexity index is 1170. The Kier molecular flexibility index (Phi) is 7.45. The fraction of sp³-hybridized carbons (Fsp3) is 0.455. The van der Waals surface area contributed by atoms with E-state index in [-0.39, 0.29) is 12.2 Å². The molecule has 200 valence electrons. The van der Waals surface area contributed by atoms with Crippen molar-refractivity contribution in [2.75, 3.05) is 13.7 Å². The lowest BCUT2D eigenvalue weighted by Gasteiger charge is -2.33. The zero-order chi connectivity index (χ0) is 26.1. The summed E-state index contributed by atoms with van der Waals surface area (Å²) in [6.45, 7) is 4.72. The Morgan fingerprint density at radius 3 is 2.21 bits per heavy atom. The molecular formula is C33H40O4Si. The highest BCUT2D eigenvalue weighted by Crippen LogP contribution is 2.49. The molecule has 0 spiro atoms. The van der Waals surface area contributed by atoms with Crippen molar-refractivity contribution in [2.45, 2.75) is 63.9 Å². The van der Waals surface area contributed by atoms with Crippen LogP contribution in [0, 0.1) is 17.8 Å². The van der Waals surface area contributed by atoms with E-state index >= 15 is 0 Å². The smallest absolute Gasteiger partial charge is 0.240 e. The predicted molar refractivity (Wildman–Crippen MR) is 154 cm³/mol. The van der Waals surface area contributed by atoms with Gasteiger partial charge in [0, 0.05) is 6.10 Å². The van der Waals surface area contributed by atoms with Gasteiger partial charge in [0.15, 0.2) is 5.79 Å². The molecule has 1 aliphatic heterocycles. The molecule has 0 N–H and O–H groups in total. The van der Waals surface area contributed by atoms with Crippen molar-refractivity contribution in [1.29, 1.82) is 0 Å². The van der Waals surface area contributed by atoms with E-state index in [0.717, 1.165) is 37.9 Å². The van der Waals surface area contributed by atoms with Gasteiger partial charge in [-0.05, 0) is 91.3 Å². The third-order valence-corrected chi connectivity index (χ3v) is 11.5. The van der Waals surface area contributed by atoms with E-state index in [0.29, 0.717) is 24.4 Å². The van der Waals surface area contributed by atoms with Crippen LogP contribution in [0.3, 0.4) is 0 Å². The van der Waals surface area contributed by atoms with E-state index in [9.17, 15) is 0 Å². The van der Waals surface area contributed by atoms with Crippen LogP contribution < -0.4 is 15.1 Å². The Morgan fingerprint density at radius 2 is 1.58 bits per heavy atom. The number of rotatable bonds is 8. The van der Waals surface area contributed by atoms with E-state index in [1.54, 1.807) is 7.11 Å². The monoisotopic (exact) mass is 528 g/mol. The number of methoxy groups -OCH3 is 1. The van der Waals surface area contributed by atoms with Crippen LogP contribution in [0.5, 0.6) is 5.75 Å². The number of hydrogen-bond donors (Lipinski definition) is 0. The summed E-state index contributed by atoms with van der Waals surface area (Å²) in [4.78, 5) is 0. The second-order valence-electron chi connectivity index (χ2n) is 11.7. The molecule has 3 aliphatic rings. The van der Waals surface area contributed by atoms with Gasteiger partial charge in [-0.15, -0.1) is 0 Å². The maximum atomic E-state index is 7.34. The third-order valence-electron chi connectivity index (χ3n) is 8.94. The van der Waals surface area contributed by atoms with Gasteiger partial charge in [-0.2, -0.15) is 0 Å². The zero-order valence-corrected chi connectivity index (χ0v) is 24.0. The first-order valence-electron chi connectivity index (χ1n) is 14.2. The number of benzene rings is 3. The van der Waals surface area contributed by atoms with Crippen molar-refractivity contribution in [2.24, 2.45) is 17.8 Å². The van der Waals surface area contributed by atoms with Crippen LogP contribution in [0.25, 0.3) is 0 Å². The Balaban J connectivity index is 1.28. The lowest BCUT2D eigenvalue weighted by Crippen LogP contribution is -2.48. The van der Waals surface area contributed by atoms with E-state index in [2.05, 4.69) is 78.9 Å². The van der Waals surface area contributed by atoms with Crippen molar-refractivity contribution in [3.05, 3.63) is 90.0 Å². The molecule has 0 aromatic heterocycles. The van der Waals surface area contributed by atoms with Gasteiger partial charge < -0.3 is 18.6 Å². The van der Waals surface area contributed by atoms with Gasteiger partial charge in [-0.1, -0.05) is 72.8 Å². The standard InChI is InChI=1S/C33H40O4Si/c1-33(2)35-22-25(36-33)17-18-28-29-19-23-11-10-16-31(34-3)30(23)20-24(29)21-32(28)37-38(26-12-6-4-7-13-26)27-14-8-5-9-15-27/h4-16,24-25,28-29,32,38H,17-22H2,1-3H3/t24-,25+,28+,29-,32+/m0/s1. The highest BCUT2D eigenvalue weighted by Gasteiger charge is 2.47. The molecular weight excluding hydrogens is 488 g/mol. The SMILES string of the molecule is COc1cccc2c1C[C@H]1C[C@@H](O[SiH](c3ccccc3)c3ccccc3)[C@H](CC[C@@H]3COC(C)(C)O3)[C@H]1C2. The molecule has 1 saturated heterocycles. The minimum atomic E-state index is -1.84. The van der Waals surface area contributed by atoms with Crippen molar-refractivity contribution in [3.8, 4) is 5.75 Å². The van der Waals surface area contributed by atoms with Crippen LogP contribution in [0.15, 0.2) is 78.9 Å². The molecule has 6 rings (SSSR count). The summed E-state index contributed by atoms with van der Waals surface area (Å²) < 4.78 is 25.2. The van der Waals surface area contributed by atoms with Gasteiger partial charge in [-0.25, -0.2) is 0 Å². The Labute approximate surface area is 229 Å². The quantitative estimate of drug-likeness (QED) is 0.390. The molecule has 5 heteroatoms. The molecule has 0 amide bonds. The van der Waals surface area contributed by atoms with Gasteiger partial charge in [-0.3, -0.25) is 0 Å². The maximum Gasteiger partial charge on any atom is 0.240 e. The van der Waals surface area contributed by atoms with E-state index in [4.69, 9.17) is 18.6 Å². The average molecular weight is 529 g/mol. The number of hydrogen-bond acceptors (Lipinski definition) is 4. The molecule has 3 aromatic carbocycles. The molecule has 0 radical (unpaired) electrons. The van der Waals surface area contributed by atoms with Crippen LogP contribution in [-0.4, -0.2) is 40.8 Å². The maximum absolute atomic E-state index is 7.34. The molecule has 4 nitrogen and oxygen atoms in total. The summed E-state index contributed by atoms with van der Waals surface area (Å²) in [6.07, 6.45) is 5.85. The van der Waals surface area contributed by atoms with Crippen LogP contribution in [-0.2, 0) is 26.7 Å². The number of fused-ring (bicyclic) bond motifs is 2. The van der Waals surface area contributed by atoms with Crippen LogP contribution in [0.2, 0.25) is 0 Å². The van der Waals surface area contributed by atoms with Crippen LogP contribution in [0.1, 0.15) is 44.2 Å². The zero-order valence-electron chi connectivity index (χ0n) is 22.8. The first kappa shape index (κ1) is 25.8. The minimum Gasteiger partial charge on any atom is -0.496 e. The summed E-state index contributed by atoms with van der Waals surface area (Å²) in [5.74, 6) is 2.32. The van der Waals surface area contributed by atoms with E-state index in [1.165, 1.54) is 21.5 Å². The summed E-state index contributed by atoms with van der Waals surface area (Å²) in [7, 11) is -0.0454. The highest BCUT2D eigenvalue weighted by atomic mass is 28.3. The largest absolute Gasteiger partial charge is 0.496 e. The molecule has 0 bridgehead atoms. The van der Waals surface area contributed by atoms with Gasteiger partial charge in [0.05, 0.1) is 19.8 Å². The fourth-order valence-electron chi connectivity index (χ4n) is 7.19. The highest BCUT2D eigenvalue weighted by molar-refractivity contribution is 6.80. The first-order chi connectivity index (χ1) is 18.5. The molecule has 0 unspecified atom stereocenters. The summed E-state index contributed by atoms with van der Waals surface area (Å²) in [6, 6.07) is 28.4. The topological polar surface area (TPSA) is 36.9 Å². The van der Waals surface area contributed by atoms with E-state index < -0.39 is 14.8 Å². The molecule has 3 aromatic rings. The second kappa shape index (κ2) is 11.0. The molecule has 2 fully saturated rings. The van der Waals surface area contributed by atoms with Crippen molar-refractivity contribution >= 4 is 19.4 Å². The Hall–Kier alpha value is -2.44. The summed E-state index contributed by atoms with van der Waals surface area (Å²) in [5, 5.41) is 2.71. The Morgan fingerprint density at radius 1 is 0.868 bits per heavy atom. The summed E-state index contributed by atoms with van der Waals surface area (Å²) >= 11 is 0. The van der Waals surface area contributed by atoms with Gasteiger partial charge in [0.2, 0.25) is 9.04 Å².